The number of rotatable bonds is 5. The molecule has 1 saturated heterocycles. The number of aromatic nitrogens is 3. The van der Waals surface area contributed by atoms with Crippen LogP contribution in [0.4, 0.5) is 10.2 Å². The van der Waals surface area contributed by atoms with Crippen molar-refractivity contribution in [3.63, 3.8) is 0 Å². The molecule has 3 aromatic rings. The molecule has 1 N–H and O–H groups in total. The Morgan fingerprint density at radius 3 is 2.74 bits per heavy atom. The number of carbonyl (C=O) groups excluding carboxylic acids is 1. The highest BCUT2D eigenvalue weighted by Gasteiger charge is 2.44. The quantitative estimate of drug-likeness (QED) is 0.675. The van der Waals surface area contributed by atoms with E-state index in [0.29, 0.717) is 43.6 Å². The molecule has 0 bridgehead atoms. The van der Waals surface area contributed by atoms with Crippen LogP contribution >= 0.6 is 0 Å². The fourth-order valence-electron chi connectivity index (χ4n) is 3.95. The lowest BCUT2D eigenvalue weighted by Gasteiger charge is -2.38. The topological polar surface area (TPSA) is 78.3 Å². The molecule has 0 unspecified atom stereocenters. The lowest BCUT2D eigenvalue weighted by atomic mass is 9.82. The zero-order chi connectivity index (χ0) is 21.4. The van der Waals surface area contributed by atoms with Crippen LogP contribution in [0, 0.1) is 11.2 Å². The number of benzene rings is 1. The Morgan fingerprint density at radius 1 is 1.23 bits per heavy atom. The zero-order valence-electron chi connectivity index (χ0n) is 17.2. The molecular formula is C23H23FN4O3. The minimum absolute atomic E-state index is 0.0852. The summed E-state index contributed by atoms with van der Waals surface area (Å²) in [4.78, 5) is 17.1. The second-order valence-corrected chi connectivity index (χ2v) is 7.97. The van der Waals surface area contributed by atoms with Gasteiger partial charge in [-0.25, -0.2) is 14.1 Å². The predicted molar refractivity (Wildman–Crippen MR) is 113 cm³/mol. The van der Waals surface area contributed by atoms with Gasteiger partial charge in [0.15, 0.2) is 0 Å². The van der Waals surface area contributed by atoms with Crippen molar-refractivity contribution in [2.24, 2.45) is 5.41 Å². The molecule has 2 aliphatic heterocycles. The van der Waals surface area contributed by atoms with Gasteiger partial charge < -0.3 is 14.8 Å². The number of nitrogens with one attached hydrogen (secondary N) is 1. The van der Waals surface area contributed by atoms with E-state index >= 15 is 0 Å². The molecule has 1 amide bonds. The van der Waals surface area contributed by atoms with Gasteiger partial charge in [-0.05, 0) is 48.4 Å². The van der Waals surface area contributed by atoms with Gasteiger partial charge in [-0.1, -0.05) is 6.92 Å². The second-order valence-electron chi connectivity index (χ2n) is 7.97. The number of halogens is 1. The number of hydrogen-bond acceptors (Lipinski definition) is 5. The minimum atomic E-state index is -0.489. The van der Waals surface area contributed by atoms with Gasteiger partial charge in [0.25, 0.3) is 0 Å². The molecule has 0 aliphatic carbocycles. The first-order chi connectivity index (χ1) is 15.1. The molecule has 2 aromatic heterocycles. The molecule has 5 rings (SSSR count). The molecule has 1 fully saturated rings. The summed E-state index contributed by atoms with van der Waals surface area (Å²) < 4.78 is 26.5. The van der Waals surface area contributed by atoms with E-state index in [1.165, 1.54) is 12.1 Å². The lowest BCUT2D eigenvalue weighted by molar-refractivity contribution is -0.156. The van der Waals surface area contributed by atoms with Crippen LogP contribution in [0.3, 0.4) is 0 Å². The van der Waals surface area contributed by atoms with E-state index in [1.807, 2.05) is 23.7 Å². The Morgan fingerprint density at radius 2 is 2.03 bits per heavy atom. The average molecular weight is 422 g/mol. The van der Waals surface area contributed by atoms with E-state index in [2.05, 4.69) is 10.3 Å². The normalized spacial score (nSPS) is 16.7. The van der Waals surface area contributed by atoms with Crippen LogP contribution in [0.15, 0.2) is 42.6 Å². The number of anilines is 1. The van der Waals surface area contributed by atoms with Crippen molar-refractivity contribution in [3.8, 4) is 28.3 Å². The summed E-state index contributed by atoms with van der Waals surface area (Å²) in [5, 5.41) is 7.67. The Hall–Kier alpha value is -3.26. The van der Waals surface area contributed by atoms with E-state index in [9.17, 15) is 9.18 Å². The molecule has 8 heteroatoms. The summed E-state index contributed by atoms with van der Waals surface area (Å²) in [5.41, 5.74) is 2.64. The Kier molecular flexibility index (Phi) is 4.94. The predicted octanol–water partition coefficient (Wildman–Crippen LogP) is 3.90. The lowest BCUT2D eigenvalue weighted by Crippen LogP contribution is -2.51. The minimum Gasteiger partial charge on any atom is -0.477 e. The van der Waals surface area contributed by atoms with Crippen molar-refractivity contribution in [1.82, 2.24) is 14.8 Å². The van der Waals surface area contributed by atoms with Gasteiger partial charge in [-0.2, -0.15) is 5.10 Å². The Balaban J connectivity index is 1.54. The van der Waals surface area contributed by atoms with E-state index in [0.717, 1.165) is 29.7 Å². The van der Waals surface area contributed by atoms with Crippen molar-refractivity contribution in [2.75, 3.05) is 25.1 Å². The van der Waals surface area contributed by atoms with Gasteiger partial charge in [0.2, 0.25) is 11.8 Å². The van der Waals surface area contributed by atoms with E-state index in [1.54, 1.807) is 18.3 Å². The number of nitrogens with zero attached hydrogens (tertiary/aromatic N) is 3. The molecule has 2 aliphatic rings. The van der Waals surface area contributed by atoms with Crippen LogP contribution in [0.1, 0.15) is 19.8 Å². The highest BCUT2D eigenvalue weighted by Crippen LogP contribution is 2.41. The highest BCUT2D eigenvalue weighted by molar-refractivity contribution is 5.96. The number of hydrogen-bond donors (Lipinski definition) is 1. The van der Waals surface area contributed by atoms with Crippen LogP contribution in [0.2, 0.25) is 0 Å². The van der Waals surface area contributed by atoms with Gasteiger partial charge in [0.05, 0.1) is 30.8 Å². The zero-order valence-corrected chi connectivity index (χ0v) is 17.2. The molecule has 0 radical (unpaired) electrons. The van der Waals surface area contributed by atoms with Gasteiger partial charge in [0, 0.05) is 24.7 Å². The fourth-order valence-corrected chi connectivity index (χ4v) is 3.95. The van der Waals surface area contributed by atoms with Crippen molar-refractivity contribution < 1.29 is 18.7 Å². The van der Waals surface area contributed by atoms with Crippen molar-refractivity contribution in [1.29, 1.82) is 0 Å². The number of aryl methyl sites for hydroxylation is 1. The maximum Gasteiger partial charge on any atom is 0.236 e. The first-order valence-electron chi connectivity index (χ1n) is 10.4. The number of amides is 1. The molecule has 0 atom stereocenters. The molecule has 7 nitrogen and oxygen atoms in total. The summed E-state index contributed by atoms with van der Waals surface area (Å²) in [6, 6.07) is 9.93. The summed E-state index contributed by atoms with van der Waals surface area (Å²) in [6.07, 6.45) is 3.23. The summed E-state index contributed by atoms with van der Waals surface area (Å²) >= 11 is 0. The first kappa shape index (κ1) is 19.7. The Labute approximate surface area is 179 Å². The highest BCUT2D eigenvalue weighted by atomic mass is 19.1. The smallest absolute Gasteiger partial charge is 0.236 e. The number of ether oxygens (including phenoxy) is 2. The maximum absolute atomic E-state index is 13.5. The van der Waals surface area contributed by atoms with Crippen molar-refractivity contribution in [2.45, 2.75) is 26.3 Å². The van der Waals surface area contributed by atoms with Crippen LogP contribution in [0.5, 0.6) is 5.88 Å². The fraction of sp³-hybridized carbons (Fsp3) is 0.348. The average Bonchev–Trinajstić information content (AvgIpc) is 3.13. The molecular weight excluding hydrogens is 399 g/mol. The van der Waals surface area contributed by atoms with E-state index in [-0.39, 0.29) is 11.7 Å². The number of pyridine rings is 1. The maximum atomic E-state index is 13.5. The van der Waals surface area contributed by atoms with Crippen molar-refractivity contribution >= 4 is 11.7 Å². The van der Waals surface area contributed by atoms with Crippen LogP contribution in [0.25, 0.3) is 22.4 Å². The first-order valence-corrected chi connectivity index (χ1v) is 10.4. The molecule has 0 spiro atoms. The van der Waals surface area contributed by atoms with Gasteiger partial charge in [0.1, 0.15) is 17.3 Å². The summed E-state index contributed by atoms with van der Waals surface area (Å²) in [6.45, 7) is 4.19. The van der Waals surface area contributed by atoms with Crippen LogP contribution < -0.4 is 10.1 Å². The molecule has 1 aromatic carbocycles. The third kappa shape index (κ3) is 3.46. The van der Waals surface area contributed by atoms with Gasteiger partial charge in [-0.3, -0.25) is 4.79 Å². The standard InChI is InChI=1S/C23H23FN4O3/c1-2-23(13-30-14-23)22(29)26-18-12-16(8-9-25-18)19-20(15-4-6-17(24)7-5-15)27-28-10-3-11-31-21(19)28/h4-9,12H,2-3,10-11,13-14H2,1H3,(H,25,26,29). The molecule has 0 saturated carbocycles. The van der Waals surface area contributed by atoms with Crippen LogP contribution in [-0.2, 0) is 16.1 Å². The van der Waals surface area contributed by atoms with E-state index in [4.69, 9.17) is 14.6 Å². The van der Waals surface area contributed by atoms with Crippen molar-refractivity contribution in [3.05, 3.63) is 48.4 Å². The number of fused-ring (bicyclic) bond motifs is 1. The molecule has 31 heavy (non-hydrogen) atoms. The third-order valence-electron chi connectivity index (χ3n) is 5.98. The molecule has 160 valence electrons. The van der Waals surface area contributed by atoms with Gasteiger partial charge >= 0.3 is 0 Å². The Bertz CT molecular complexity index is 1120. The SMILES string of the molecule is CCC1(C(=O)Nc2cc(-c3c(-c4ccc(F)cc4)nn4c3OCCC4)ccn2)COC1. The van der Waals surface area contributed by atoms with Crippen LogP contribution in [-0.4, -0.2) is 40.5 Å². The summed E-state index contributed by atoms with van der Waals surface area (Å²) in [5.74, 6) is 0.747. The summed E-state index contributed by atoms with van der Waals surface area (Å²) in [7, 11) is 0. The number of carbonyl (C=O) groups is 1. The largest absolute Gasteiger partial charge is 0.477 e. The second kappa shape index (κ2) is 7.77. The third-order valence-corrected chi connectivity index (χ3v) is 5.98. The van der Waals surface area contributed by atoms with Gasteiger partial charge in [-0.15, -0.1) is 0 Å². The van der Waals surface area contributed by atoms with E-state index < -0.39 is 5.41 Å². The monoisotopic (exact) mass is 422 g/mol. The molecule has 4 heterocycles.